The molecule has 2 rings (SSSR count). The molecule has 0 radical (unpaired) electrons. The van der Waals surface area contributed by atoms with Gasteiger partial charge >= 0.3 is 0 Å². The standard InChI is InChI=1S/C13H17N3O/c1-3-10(14)8-16-12-7-5-4-6-11(12)15-9(2)13(16)17/h4-7,10H,3,8,14H2,1-2H3. The second kappa shape index (κ2) is 4.67. The number of para-hydroxylation sites is 2. The number of benzene rings is 1. The fraction of sp³-hybridized carbons (Fsp3) is 0.385. The van der Waals surface area contributed by atoms with Crippen molar-refractivity contribution < 1.29 is 0 Å². The number of aromatic nitrogens is 2. The summed E-state index contributed by atoms with van der Waals surface area (Å²) in [5, 5.41) is 0. The first-order valence-corrected chi connectivity index (χ1v) is 5.85. The van der Waals surface area contributed by atoms with Crippen LogP contribution in [0.25, 0.3) is 11.0 Å². The molecule has 1 aromatic carbocycles. The van der Waals surface area contributed by atoms with Gasteiger partial charge < -0.3 is 10.3 Å². The molecule has 0 bridgehead atoms. The molecule has 1 unspecified atom stereocenters. The molecule has 0 amide bonds. The van der Waals surface area contributed by atoms with Crippen molar-refractivity contribution in [3.63, 3.8) is 0 Å². The maximum atomic E-state index is 12.1. The number of nitrogens with two attached hydrogens (primary N) is 1. The summed E-state index contributed by atoms with van der Waals surface area (Å²) in [5.74, 6) is 0. The maximum absolute atomic E-state index is 12.1. The van der Waals surface area contributed by atoms with Crippen molar-refractivity contribution in [1.29, 1.82) is 0 Å². The molecule has 0 fully saturated rings. The van der Waals surface area contributed by atoms with Gasteiger partial charge in [-0.05, 0) is 25.5 Å². The van der Waals surface area contributed by atoms with Crippen molar-refractivity contribution in [3.8, 4) is 0 Å². The topological polar surface area (TPSA) is 60.9 Å². The van der Waals surface area contributed by atoms with Crippen molar-refractivity contribution in [2.75, 3.05) is 0 Å². The minimum absolute atomic E-state index is 0.00194. The van der Waals surface area contributed by atoms with Crippen LogP contribution in [0.5, 0.6) is 0 Å². The number of aryl methyl sites for hydroxylation is 1. The Labute approximate surface area is 100 Å². The number of rotatable bonds is 3. The van der Waals surface area contributed by atoms with Gasteiger partial charge in [-0.1, -0.05) is 19.1 Å². The predicted octanol–water partition coefficient (Wildman–Crippen LogP) is 1.44. The van der Waals surface area contributed by atoms with E-state index in [9.17, 15) is 4.79 Å². The Morgan fingerprint density at radius 1 is 1.41 bits per heavy atom. The van der Waals surface area contributed by atoms with Gasteiger partial charge in [-0.3, -0.25) is 4.79 Å². The normalized spacial score (nSPS) is 12.9. The predicted molar refractivity (Wildman–Crippen MR) is 69.0 cm³/mol. The molecule has 1 atom stereocenters. The fourth-order valence-corrected chi connectivity index (χ4v) is 1.87. The van der Waals surface area contributed by atoms with Crippen LogP contribution < -0.4 is 11.3 Å². The van der Waals surface area contributed by atoms with Crippen LogP contribution in [-0.2, 0) is 6.54 Å². The van der Waals surface area contributed by atoms with E-state index in [1.165, 1.54) is 0 Å². The zero-order valence-electron chi connectivity index (χ0n) is 10.2. The first-order chi connectivity index (χ1) is 8.13. The molecule has 4 heteroatoms. The number of hydrogen-bond donors (Lipinski definition) is 1. The van der Waals surface area contributed by atoms with E-state index in [1.54, 1.807) is 11.5 Å². The highest BCUT2D eigenvalue weighted by atomic mass is 16.1. The molecule has 4 nitrogen and oxygen atoms in total. The van der Waals surface area contributed by atoms with Crippen LogP contribution in [0.3, 0.4) is 0 Å². The van der Waals surface area contributed by atoms with E-state index in [4.69, 9.17) is 5.73 Å². The summed E-state index contributed by atoms with van der Waals surface area (Å²) < 4.78 is 1.73. The quantitative estimate of drug-likeness (QED) is 0.869. The molecule has 0 saturated carbocycles. The van der Waals surface area contributed by atoms with Crippen molar-refractivity contribution in [1.82, 2.24) is 9.55 Å². The Bertz CT molecular complexity index is 589. The molecule has 0 spiro atoms. The molecular weight excluding hydrogens is 214 g/mol. The van der Waals surface area contributed by atoms with E-state index in [-0.39, 0.29) is 11.6 Å². The molecular formula is C13H17N3O. The third kappa shape index (κ3) is 2.22. The van der Waals surface area contributed by atoms with E-state index in [2.05, 4.69) is 4.98 Å². The molecule has 0 aliphatic carbocycles. The smallest absolute Gasteiger partial charge is 0.272 e. The largest absolute Gasteiger partial charge is 0.326 e. The van der Waals surface area contributed by atoms with E-state index >= 15 is 0 Å². The Kier molecular flexibility index (Phi) is 3.24. The summed E-state index contributed by atoms with van der Waals surface area (Å²) in [6.07, 6.45) is 0.849. The lowest BCUT2D eigenvalue weighted by Crippen LogP contribution is -2.33. The number of hydrogen-bond acceptors (Lipinski definition) is 3. The first-order valence-electron chi connectivity index (χ1n) is 5.85. The van der Waals surface area contributed by atoms with Crippen molar-refractivity contribution in [2.45, 2.75) is 32.9 Å². The highest BCUT2D eigenvalue weighted by Gasteiger charge is 2.09. The van der Waals surface area contributed by atoms with Gasteiger partial charge in [0.1, 0.15) is 5.69 Å². The fourth-order valence-electron chi connectivity index (χ4n) is 1.87. The second-order valence-corrected chi connectivity index (χ2v) is 4.27. The summed E-state index contributed by atoms with van der Waals surface area (Å²) >= 11 is 0. The molecule has 0 aliphatic heterocycles. The van der Waals surface area contributed by atoms with Gasteiger partial charge in [0.25, 0.3) is 5.56 Å². The van der Waals surface area contributed by atoms with Crippen molar-refractivity contribution in [3.05, 3.63) is 40.3 Å². The number of fused-ring (bicyclic) bond motifs is 1. The Morgan fingerprint density at radius 2 is 2.12 bits per heavy atom. The highest BCUT2D eigenvalue weighted by molar-refractivity contribution is 5.74. The Morgan fingerprint density at radius 3 is 2.82 bits per heavy atom. The summed E-state index contributed by atoms with van der Waals surface area (Å²) in [7, 11) is 0. The molecule has 0 saturated heterocycles. The lowest BCUT2D eigenvalue weighted by atomic mass is 10.2. The first kappa shape index (κ1) is 11.8. The average molecular weight is 231 g/mol. The molecule has 2 aromatic rings. The van der Waals surface area contributed by atoms with Crippen LogP contribution >= 0.6 is 0 Å². The van der Waals surface area contributed by atoms with Gasteiger partial charge in [0.2, 0.25) is 0 Å². The van der Waals surface area contributed by atoms with Gasteiger partial charge in [-0.25, -0.2) is 4.98 Å². The zero-order valence-corrected chi connectivity index (χ0v) is 10.2. The summed E-state index contributed by atoms with van der Waals surface area (Å²) in [4.78, 5) is 16.4. The van der Waals surface area contributed by atoms with Crippen LogP contribution in [0, 0.1) is 6.92 Å². The third-order valence-corrected chi connectivity index (χ3v) is 2.96. The van der Waals surface area contributed by atoms with Crippen LogP contribution in [-0.4, -0.2) is 15.6 Å². The van der Waals surface area contributed by atoms with E-state index in [0.29, 0.717) is 12.2 Å². The summed E-state index contributed by atoms with van der Waals surface area (Å²) in [5.41, 5.74) is 8.10. The van der Waals surface area contributed by atoms with E-state index < -0.39 is 0 Å². The maximum Gasteiger partial charge on any atom is 0.272 e. The SMILES string of the molecule is CCC(N)Cn1c(=O)c(C)nc2ccccc21. The lowest BCUT2D eigenvalue weighted by Gasteiger charge is -2.14. The van der Waals surface area contributed by atoms with Gasteiger partial charge in [0, 0.05) is 12.6 Å². The summed E-state index contributed by atoms with van der Waals surface area (Å²) in [6.45, 7) is 4.30. The third-order valence-electron chi connectivity index (χ3n) is 2.96. The molecule has 2 N–H and O–H groups in total. The number of nitrogens with zero attached hydrogens (tertiary/aromatic N) is 2. The highest BCUT2D eigenvalue weighted by Crippen LogP contribution is 2.10. The van der Waals surface area contributed by atoms with Crippen LogP contribution in [0.1, 0.15) is 19.0 Å². The molecule has 1 aromatic heterocycles. The average Bonchev–Trinajstić information content (AvgIpc) is 2.34. The van der Waals surface area contributed by atoms with E-state index in [1.807, 2.05) is 31.2 Å². The lowest BCUT2D eigenvalue weighted by molar-refractivity contribution is 0.536. The minimum Gasteiger partial charge on any atom is -0.326 e. The van der Waals surface area contributed by atoms with Crippen molar-refractivity contribution >= 4 is 11.0 Å². The Balaban J connectivity index is 2.66. The minimum atomic E-state index is -0.0485. The molecule has 90 valence electrons. The van der Waals surface area contributed by atoms with Gasteiger partial charge in [-0.2, -0.15) is 0 Å². The molecule has 1 heterocycles. The molecule has 17 heavy (non-hydrogen) atoms. The van der Waals surface area contributed by atoms with Crippen molar-refractivity contribution in [2.24, 2.45) is 5.73 Å². The summed E-state index contributed by atoms with van der Waals surface area (Å²) in [6, 6.07) is 7.65. The van der Waals surface area contributed by atoms with Gasteiger partial charge in [0.05, 0.1) is 11.0 Å². The van der Waals surface area contributed by atoms with Gasteiger partial charge in [-0.15, -0.1) is 0 Å². The second-order valence-electron chi connectivity index (χ2n) is 4.27. The van der Waals surface area contributed by atoms with E-state index in [0.717, 1.165) is 17.5 Å². The van der Waals surface area contributed by atoms with Crippen LogP contribution in [0.4, 0.5) is 0 Å². The van der Waals surface area contributed by atoms with Gasteiger partial charge in [0.15, 0.2) is 0 Å². The monoisotopic (exact) mass is 231 g/mol. The van der Waals surface area contributed by atoms with Crippen LogP contribution in [0.2, 0.25) is 0 Å². The van der Waals surface area contributed by atoms with Crippen LogP contribution in [0.15, 0.2) is 29.1 Å². The zero-order chi connectivity index (χ0) is 12.4. The Hall–Kier alpha value is -1.68. The molecule has 0 aliphatic rings.